The van der Waals surface area contributed by atoms with E-state index in [1.54, 1.807) is 0 Å². The molecular weight excluding hydrogens is 220 g/mol. The first-order valence-electron chi connectivity index (χ1n) is 6.12. The van der Waals surface area contributed by atoms with Crippen LogP contribution in [0.3, 0.4) is 0 Å². The summed E-state index contributed by atoms with van der Waals surface area (Å²) >= 11 is 0. The minimum absolute atomic E-state index is 0.0754. The monoisotopic (exact) mass is 238 g/mol. The van der Waals surface area contributed by atoms with Gasteiger partial charge in [0.1, 0.15) is 5.84 Å². The summed E-state index contributed by atoms with van der Waals surface area (Å²) in [6.45, 7) is 4.16. The number of nitrogens with zero attached hydrogens (tertiary/aromatic N) is 1. The third-order valence-electron chi connectivity index (χ3n) is 3.04. The van der Waals surface area contributed by atoms with E-state index in [9.17, 15) is 0 Å². The maximum absolute atomic E-state index is 6.03. The van der Waals surface area contributed by atoms with Crippen molar-refractivity contribution in [3.8, 4) is 0 Å². The van der Waals surface area contributed by atoms with Gasteiger partial charge in [-0.05, 0) is 25.0 Å². The Morgan fingerprint density at radius 2 is 1.61 bits per heavy atom. The van der Waals surface area contributed by atoms with E-state index in [1.807, 2.05) is 42.5 Å². The normalized spacial score (nSPS) is 13.3. The number of hydrogen-bond acceptors (Lipinski definition) is 1. The number of nitrogens with two attached hydrogens (primary N) is 1. The van der Waals surface area contributed by atoms with Gasteiger partial charge in [0, 0.05) is 5.56 Å². The zero-order valence-corrected chi connectivity index (χ0v) is 10.8. The van der Waals surface area contributed by atoms with Crippen molar-refractivity contribution in [1.29, 1.82) is 0 Å². The molecule has 0 aliphatic heterocycles. The Labute approximate surface area is 108 Å². The van der Waals surface area contributed by atoms with Crippen LogP contribution in [0.25, 0.3) is 0 Å². The van der Waals surface area contributed by atoms with E-state index < -0.39 is 0 Å². The van der Waals surface area contributed by atoms with Crippen LogP contribution >= 0.6 is 0 Å². The van der Waals surface area contributed by atoms with Gasteiger partial charge in [-0.3, -0.25) is 4.99 Å². The van der Waals surface area contributed by atoms with E-state index in [0.29, 0.717) is 5.84 Å². The lowest BCUT2D eigenvalue weighted by Gasteiger charge is -2.11. The zero-order valence-electron chi connectivity index (χ0n) is 10.8. The fraction of sp³-hybridized carbons (Fsp3) is 0.188. The highest BCUT2D eigenvalue weighted by atomic mass is 14.9. The van der Waals surface area contributed by atoms with Gasteiger partial charge in [0.25, 0.3) is 0 Å². The lowest BCUT2D eigenvalue weighted by Crippen LogP contribution is -2.14. The van der Waals surface area contributed by atoms with Gasteiger partial charge in [-0.15, -0.1) is 0 Å². The van der Waals surface area contributed by atoms with Gasteiger partial charge in [-0.2, -0.15) is 0 Å². The van der Waals surface area contributed by atoms with Gasteiger partial charge in [-0.1, -0.05) is 54.6 Å². The standard InChI is InChI=1S/C16H18N2/c1-12-8-6-7-11-15(12)13(2)18-16(17)14-9-4-3-5-10-14/h3-11,13H,1-2H3,(H2,17,18). The summed E-state index contributed by atoms with van der Waals surface area (Å²) in [5, 5.41) is 0. The van der Waals surface area contributed by atoms with E-state index in [0.717, 1.165) is 5.56 Å². The SMILES string of the molecule is Cc1ccccc1C(C)N=C(N)c1ccccc1. The maximum Gasteiger partial charge on any atom is 0.126 e. The van der Waals surface area contributed by atoms with Crippen molar-refractivity contribution in [3.63, 3.8) is 0 Å². The van der Waals surface area contributed by atoms with Crippen molar-refractivity contribution in [2.45, 2.75) is 19.9 Å². The summed E-state index contributed by atoms with van der Waals surface area (Å²) in [7, 11) is 0. The van der Waals surface area contributed by atoms with Crippen LogP contribution in [0.5, 0.6) is 0 Å². The van der Waals surface area contributed by atoms with E-state index in [1.165, 1.54) is 11.1 Å². The van der Waals surface area contributed by atoms with Gasteiger partial charge in [-0.25, -0.2) is 0 Å². The average Bonchev–Trinajstić information content (AvgIpc) is 2.40. The first kappa shape index (κ1) is 12.4. The van der Waals surface area contributed by atoms with Crippen molar-refractivity contribution in [3.05, 3.63) is 71.3 Å². The highest BCUT2D eigenvalue weighted by Crippen LogP contribution is 2.20. The van der Waals surface area contributed by atoms with Crippen molar-refractivity contribution in [1.82, 2.24) is 0 Å². The second-order valence-electron chi connectivity index (χ2n) is 4.41. The summed E-state index contributed by atoms with van der Waals surface area (Å²) in [6.07, 6.45) is 0. The first-order valence-corrected chi connectivity index (χ1v) is 6.12. The molecule has 0 heterocycles. The van der Waals surface area contributed by atoms with Crippen LogP contribution in [0.15, 0.2) is 59.6 Å². The molecule has 0 saturated heterocycles. The van der Waals surface area contributed by atoms with Crippen LogP contribution in [0, 0.1) is 6.92 Å². The Morgan fingerprint density at radius 3 is 2.28 bits per heavy atom. The Balaban J connectivity index is 2.26. The minimum Gasteiger partial charge on any atom is -0.383 e. The van der Waals surface area contributed by atoms with E-state index in [-0.39, 0.29) is 6.04 Å². The molecule has 0 bridgehead atoms. The van der Waals surface area contributed by atoms with Crippen LogP contribution in [-0.2, 0) is 0 Å². The number of amidine groups is 1. The van der Waals surface area contributed by atoms with E-state index >= 15 is 0 Å². The van der Waals surface area contributed by atoms with E-state index in [4.69, 9.17) is 5.73 Å². The molecule has 0 spiro atoms. The van der Waals surface area contributed by atoms with Gasteiger partial charge < -0.3 is 5.73 Å². The van der Waals surface area contributed by atoms with Gasteiger partial charge in [0.05, 0.1) is 6.04 Å². The first-order chi connectivity index (χ1) is 8.68. The largest absolute Gasteiger partial charge is 0.383 e. The number of rotatable bonds is 3. The van der Waals surface area contributed by atoms with Crippen LogP contribution < -0.4 is 5.73 Å². The third-order valence-corrected chi connectivity index (χ3v) is 3.04. The van der Waals surface area contributed by atoms with Gasteiger partial charge >= 0.3 is 0 Å². The minimum atomic E-state index is 0.0754. The molecule has 0 radical (unpaired) electrons. The highest BCUT2D eigenvalue weighted by molar-refractivity contribution is 5.97. The smallest absolute Gasteiger partial charge is 0.126 e. The fourth-order valence-corrected chi connectivity index (χ4v) is 2.02. The molecule has 2 aromatic carbocycles. The Morgan fingerprint density at radius 1 is 1.00 bits per heavy atom. The predicted molar refractivity (Wildman–Crippen MR) is 76.8 cm³/mol. The molecular formula is C16H18N2. The van der Waals surface area contributed by atoms with Crippen LogP contribution in [0.2, 0.25) is 0 Å². The van der Waals surface area contributed by atoms with E-state index in [2.05, 4.69) is 31.0 Å². The van der Waals surface area contributed by atoms with Gasteiger partial charge in [0.15, 0.2) is 0 Å². The Bertz CT molecular complexity index is 544. The molecule has 2 rings (SSSR count). The zero-order chi connectivity index (χ0) is 13.0. The molecule has 2 N–H and O–H groups in total. The van der Waals surface area contributed by atoms with Gasteiger partial charge in [0.2, 0.25) is 0 Å². The summed E-state index contributed by atoms with van der Waals surface area (Å²) in [4.78, 5) is 4.57. The van der Waals surface area contributed by atoms with Crippen LogP contribution in [-0.4, -0.2) is 5.84 Å². The van der Waals surface area contributed by atoms with Crippen molar-refractivity contribution in [2.24, 2.45) is 10.7 Å². The topological polar surface area (TPSA) is 38.4 Å². The molecule has 0 saturated carbocycles. The fourth-order valence-electron chi connectivity index (χ4n) is 2.02. The lowest BCUT2D eigenvalue weighted by molar-refractivity contribution is 0.810. The molecule has 2 heteroatoms. The van der Waals surface area contributed by atoms with Crippen LogP contribution in [0.1, 0.15) is 29.7 Å². The molecule has 0 aromatic heterocycles. The highest BCUT2D eigenvalue weighted by Gasteiger charge is 2.07. The predicted octanol–water partition coefficient (Wildman–Crippen LogP) is 3.46. The average molecular weight is 238 g/mol. The van der Waals surface area contributed by atoms with Crippen molar-refractivity contribution in [2.75, 3.05) is 0 Å². The number of aryl methyl sites for hydroxylation is 1. The maximum atomic E-state index is 6.03. The Kier molecular flexibility index (Phi) is 3.78. The molecule has 0 amide bonds. The van der Waals surface area contributed by atoms with Crippen molar-refractivity contribution >= 4 is 5.84 Å². The molecule has 0 aliphatic carbocycles. The summed E-state index contributed by atoms with van der Waals surface area (Å²) in [5.74, 6) is 0.589. The lowest BCUT2D eigenvalue weighted by atomic mass is 10.0. The molecule has 2 aromatic rings. The quantitative estimate of drug-likeness (QED) is 0.645. The van der Waals surface area contributed by atoms with Crippen molar-refractivity contribution < 1.29 is 0 Å². The number of benzene rings is 2. The second kappa shape index (κ2) is 5.50. The molecule has 18 heavy (non-hydrogen) atoms. The molecule has 2 nitrogen and oxygen atoms in total. The Hall–Kier alpha value is -2.09. The summed E-state index contributed by atoms with van der Waals surface area (Å²) < 4.78 is 0. The summed E-state index contributed by atoms with van der Waals surface area (Å²) in [5.41, 5.74) is 9.47. The molecule has 0 aliphatic rings. The molecule has 0 fully saturated rings. The number of aliphatic imine (C=N–C) groups is 1. The molecule has 92 valence electrons. The third kappa shape index (κ3) is 2.77. The molecule has 1 atom stereocenters. The summed E-state index contributed by atoms with van der Waals surface area (Å²) in [6, 6.07) is 18.2. The second-order valence-corrected chi connectivity index (χ2v) is 4.41. The number of hydrogen-bond donors (Lipinski definition) is 1. The van der Waals surface area contributed by atoms with Crippen LogP contribution in [0.4, 0.5) is 0 Å². The molecule has 1 unspecified atom stereocenters.